The van der Waals surface area contributed by atoms with Crippen molar-refractivity contribution in [2.75, 3.05) is 13.7 Å². The fourth-order valence-corrected chi connectivity index (χ4v) is 2.48. The molecule has 0 saturated carbocycles. The molecular formula is C20H19N3O7. The number of amides is 1. The Labute approximate surface area is 171 Å². The third-order valence-electron chi connectivity index (χ3n) is 3.80. The summed E-state index contributed by atoms with van der Waals surface area (Å²) < 4.78 is 10.6. The van der Waals surface area contributed by atoms with Crippen molar-refractivity contribution in [3.8, 4) is 11.5 Å². The molecular weight excluding hydrogens is 394 g/mol. The molecule has 0 spiro atoms. The van der Waals surface area contributed by atoms with E-state index in [4.69, 9.17) is 14.6 Å². The minimum Gasteiger partial charge on any atom is -0.493 e. The summed E-state index contributed by atoms with van der Waals surface area (Å²) in [5, 5.41) is 23.4. The number of rotatable bonds is 10. The van der Waals surface area contributed by atoms with Crippen LogP contribution in [-0.2, 0) is 11.2 Å². The van der Waals surface area contributed by atoms with Gasteiger partial charge in [0.1, 0.15) is 0 Å². The number of carboxylic acids is 1. The van der Waals surface area contributed by atoms with Crippen molar-refractivity contribution in [3.05, 3.63) is 75.9 Å². The van der Waals surface area contributed by atoms with E-state index in [0.29, 0.717) is 23.3 Å². The second kappa shape index (κ2) is 10.4. The predicted molar refractivity (Wildman–Crippen MR) is 108 cm³/mol. The number of hydrogen-bond acceptors (Lipinski definition) is 7. The number of benzene rings is 2. The number of hydrazone groups is 1. The Morgan fingerprint density at radius 1 is 1.30 bits per heavy atom. The summed E-state index contributed by atoms with van der Waals surface area (Å²) in [6.07, 6.45) is 3.39. The maximum atomic E-state index is 12.1. The third kappa shape index (κ3) is 5.89. The zero-order chi connectivity index (χ0) is 22.1. The molecule has 0 aliphatic carbocycles. The van der Waals surface area contributed by atoms with E-state index in [1.165, 1.54) is 37.6 Å². The molecule has 2 aromatic carbocycles. The lowest BCUT2D eigenvalue weighted by molar-refractivity contribution is -0.384. The molecule has 2 aromatic rings. The molecule has 0 bridgehead atoms. The van der Waals surface area contributed by atoms with E-state index in [0.717, 1.165) is 0 Å². The van der Waals surface area contributed by atoms with Gasteiger partial charge in [0.25, 0.3) is 11.6 Å². The van der Waals surface area contributed by atoms with Crippen LogP contribution in [0.5, 0.6) is 11.5 Å². The van der Waals surface area contributed by atoms with E-state index in [1.807, 2.05) is 0 Å². The Hall–Kier alpha value is -4.21. The standard InChI is InChI=1S/C20H19N3O7/c1-3-4-15-9-13(10-17(29-2)19(15)30-12-18(24)25)11-21-22-20(26)14-5-7-16(8-6-14)23(27)28/h3,5-11H,1,4,12H2,2H3,(H,22,26)(H,24,25)/b21-11-. The number of nitrogens with one attached hydrogen (secondary N) is 1. The molecule has 0 radical (unpaired) electrons. The van der Waals surface area contributed by atoms with Crippen LogP contribution >= 0.6 is 0 Å². The van der Waals surface area contributed by atoms with Crippen LogP contribution in [0.25, 0.3) is 0 Å². The highest BCUT2D eigenvalue weighted by Crippen LogP contribution is 2.33. The summed E-state index contributed by atoms with van der Waals surface area (Å²) in [4.78, 5) is 33.0. The highest BCUT2D eigenvalue weighted by molar-refractivity contribution is 5.95. The normalized spacial score (nSPS) is 10.4. The van der Waals surface area contributed by atoms with Crippen molar-refractivity contribution in [1.29, 1.82) is 0 Å². The van der Waals surface area contributed by atoms with Gasteiger partial charge in [0.05, 0.1) is 18.2 Å². The second-order valence-electron chi connectivity index (χ2n) is 5.89. The van der Waals surface area contributed by atoms with Gasteiger partial charge in [0.15, 0.2) is 18.1 Å². The molecule has 0 aliphatic heterocycles. The van der Waals surface area contributed by atoms with Crippen LogP contribution in [0.15, 0.2) is 54.2 Å². The van der Waals surface area contributed by atoms with Crippen LogP contribution < -0.4 is 14.9 Å². The molecule has 30 heavy (non-hydrogen) atoms. The van der Waals surface area contributed by atoms with Crippen LogP contribution in [-0.4, -0.2) is 41.8 Å². The van der Waals surface area contributed by atoms with Gasteiger partial charge in [0, 0.05) is 23.3 Å². The number of aliphatic carboxylic acids is 1. The topological polar surface area (TPSA) is 140 Å². The molecule has 10 nitrogen and oxygen atoms in total. The summed E-state index contributed by atoms with van der Waals surface area (Å²) in [5.41, 5.74) is 3.61. The Kier molecular flexibility index (Phi) is 7.63. The zero-order valence-corrected chi connectivity index (χ0v) is 16.0. The van der Waals surface area contributed by atoms with Crippen LogP contribution in [0.1, 0.15) is 21.5 Å². The second-order valence-corrected chi connectivity index (χ2v) is 5.89. The lowest BCUT2D eigenvalue weighted by atomic mass is 10.1. The maximum Gasteiger partial charge on any atom is 0.341 e. The number of methoxy groups -OCH3 is 1. The van der Waals surface area contributed by atoms with Crippen molar-refractivity contribution in [3.63, 3.8) is 0 Å². The number of ether oxygens (including phenoxy) is 2. The van der Waals surface area contributed by atoms with E-state index in [-0.39, 0.29) is 17.0 Å². The van der Waals surface area contributed by atoms with Crippen molar-refractivity contribution in [2.45, 2.75) is 6.42 Å². The largest absolute Gasteiger partial charge is 0.493 e. The van der Waals surface area contributed by atoms with E-state index in [2.05, 4.69) is 17.1 Å². The molecule has 1 amide bonds. The highest BCUT2D eigenvalue weighted by atomic mass is 16.6. The van der Waals surface area contributed by atoms with Crippen LogP contribution in [0.3, 0.4) is 0 Å². The molecule has 2 rings (SSSR count). The number of nitrogens with zero attached hydrogens (tertiary/aromatic N) is 2. The van der Waals surface area contributed by atoms with E-state index in [9.17, 15) is 19.7 Å². The Morgan fingerprint density at radius 3 is 2.57 bits per heavy atom. The van der Waals surface area contributed by atoms with Crippen molar-refractivity contribution < 1.29 is 29.1 Å². The van der Waals surface area contributed by atoms with Gasteiger partial charge < -0.3 is 14.6 Å². The van der Waals surface area contributed by atoms with Gasteiger partial charge in [-0.1, -0.05) is 6.08 Å². The van der Waals surface area contributed by atoms with E-state index < -0.39 is 23.4 Å². The van der Waals surface area contributed by atoms with Crippen LogP contribution in [0.2, 0.25) is 0 Å². The Balaban J connectivity index is 2.17. The molecule has 0 aliphatic rings. The first kappa shape index (κ1) is 22.1. The molecule has 10 heteroatoms. The lowest BCUT2D eigenvalue weighted by Crippen LogP contribution is -2.17. The number of hydrogen-bond donors (Lipinski definition) is 2. The van der Waals surface area contributed by atoms with Crippen molar-refractivity contribution >= 4 is 23.8 Å². The minimum atomic E-state index is -1.12. The number of carbonyl (C=O) groups excluding carboxylic acids is 1. The summed E-state index contributed by atoms with van der Waals surface area (Å²) >= 11 is 0. The Bertz CT molecular complexity index is 985. The summed E-state index contributed by atoms with van der Waals surface area (Å²) in [7, 11) is 1.41. The van der Waals surface area contributed by atoms with Gasteiger partial charge in [-0.3, -0.25) is 14.9 Å². The number of nitro benzene ring substituents is 1. The molecule has 2 N–H and O–H groups in total. The quantitative estimate of drug-likeness (QED) is 0.264. The van der Waals surface area contributed by atoms with E-state index >= 15 is 0 Å². The average molecular weight is 413 g/mol. The SMILES string of the molecule is C=CCc1cc(/C=N\NC(=O)c2ccc([N+](=O)[O-])cc2)cc(OC)c1OCC(=O)O. The fourth-order valence-electron chi connectivity index (χ4n) is 2.48. The molecule has 0 unspecified atom stereocenters. The minimum absolute atomic E-state index is 0.123. The van der Waals surface area contributed by atoms with Gasteiger partial charge in [-0.25, -0.2) is 10.2 Å². The monoisotopic (exact) mass is 413 g/mol. The van der Waals surface area contributed by atoms with Crippen molar-refractivity contribution in [2.24, 2.45) is 5.10 Å². The third-order valence-corrected chi connectivity index (χ3v) is 3.80. The number of nitro groups is 1. The number of carbonyl (C=O) groups is 2. The van der Waals surface area contributed by atoms with Crippen LogP contribution in [0.4, 0.5) is 5.69 Å². The first-order valence-electron chi connectivity index (χ1n) is 8.60. The first-order valence-corrected chi connectivity index (χ1v) is 8.60. The summed E-state index contributed by atoms with van der Waals surface area (Å²) in [5.74, 6) is -1.08. The van der Waals surface area contributed by atoms with Gasteiger partial charge in [-0.05, 0) is 36.2 Å². The number of carboxylic acid groups (broad SMARTS) is 1. The van der Waals surface area contributed by atoms with Crippen molar-refractivity contribution in [1.82, 2.24) is 5.43 Å². The van der Waals surface area contributed by atoms with Gasteiger partial charge in [-0.15, -0.1) is 6.58 Å². The lowest BCUT2D eigenvalue weighted by Gasteiger charge is -2.14. The number of allylic oxidation sites excluding steroid dienone is 1. The fraction of sp³-hybridized carbons (Fsp3) is 0.150. The predicted octanol–water partition coefficient (Wildman–Crippen LogP) is 2.56. The zero-order valence-electron chi connectivity index (χ0n) is 16.0. The molecule has 0 fully saturated rings. The van der Waals surface area contributed by atoms with Gasteiger partial charge >= 0.3 is 5.97 Å². The van der Waals surface area contributed by atoms with Gasteiger partial charge in [0.2, 0.25) is 0 Å². The van der Waals surface area contributed by atoms with Crippen LogP contribution in [0, 0.1) is 10.1 Å². The van der Waals surface area contributed by atoms with Gasteiger partial charge in [-0.2, -0.15) is 5.10 Å². The maximum absolute atomic E-state index is 12.1. The highest BCUT2D eigenvalue weighted by Gasteiger charge is 2.14. The Morgan fingerprint density at radius 2 is 2.00 bits per heavy atom. The summed E-state index contributed by atoms with van der Waals surface area (Å²) in [6, 6.07) is 8.36. The molecule has 0 atom stereocenters. The first-order chi connectivity index (χ1) is 14.3. The summed E-state index contributed by atoms with van der Waals surface area (Å²) in [6.45, 7) is 3.14. The molecule has 0 aromatic heterocycles. The molecule has 0 saturated heterocycles. The van der Waals surface area contributed by atoms with E-state index in [1.54, 1.807) is 18.2 Å². The number of non-ortho nitro benzene ring substituents is 1. The average Bonchev–Trinajstić information content (AvgIpc) is 2.72. The molecule has 156 valence electrons. The smallest absolute Gasteiger partial charge is 0.341 e. The molecule has 0 heterocycles.